The molecule has 0 bridgehead atoms. The van der Waals surface area contributed by atoms with Crippen molar-refractivity contribution in [1.82, 2.24) is 19.8 Å². The second-order valence-electron chi connectivity index (χ2n) is 9.36. The molecule has 4 rings (SSSR count). The van der Waals surface area contributed by atoms with E-state index in [1.165, 1.54) is 0 Å². The molecule has 1 amide bonds. The zero-order chi connectivity index (χ0) is 26.0. The summed E-state index contributed by atoms with van der Waals surface area (Å²) >= 11 is 6.71. The van der Waals surface area contributed by atoms with E-state index in [0.29, 0.717) is 38.0 Å². The van der Waals surface area contributed by atoms with Gasteiger partial charge in [0.2, 0.25) is 5.91 Å². The van der Waals surface area contributed by atoms with Crippen LogP contribution in [0.1, 0.15) is 50.8 Å². The van der Waals surface area contributed by atoms with Gasteiger partial charge in [-0.05, 0) is 37.1 Å². The highest BCUT2D eigenvalue weighted by Crippen LogP contribution is 2.31. The van der Waals surface area contributed by atoms with Crippen molar-refractivity contribution >= 4 is 17.5 Å². The van der Waals surface area contributed by atoms with E-state index in [1.807, 2.05) is 36.4 Å². The molecule has 198 valence electrons. The minimum atomic E-state index is -0.0231. The molecule has 0 aliphatic carbocycles. The van der Waals surface area contributed by atoms with Gasteiger partial charge >= 0.3 is 0 Å². The van der Waals surface area contributed by atoms with E-state index < -0.39 is 0 Å². The van der Waals surface area contributed by atoms with Crippen molar-refractivity contribution in [1.29, 1.82) is 0 Å². The largest absolute Gasteiger partial charge is 0.486 e. The van der Waals surface area contributed by atoms with Crippen LogP contribution in [0.3, 0.4) is 0 Å². The molecular formula is C29H37ClN4O3. The quantitative estimate of drug-likeness (QED) is 0.311. The summed E-state index contributed by atoms with van der Waals surface area (Å²) in [6, 6.07) is 15.9. The van der Waals surface area contributed by atoms with Gasteiger partial charge < -0.3 is 19.4 Å². The number of hydrogen-bond acceptors (Lipinski definition) is 5. The van der Waals surface area contributed by atoms with Crippen LogP contribution in [-0.4, -0.2) is 46.7 Å². The number of imidazole rings is 1. The Balaban J connectivity index is 1.46. The van der Waals surface area contributed by atoms with Crippen LogP contribution >= 0.6 is 11.6 Å². The van der Waals surface area contributed by atoms with E-state index in [-0.39, 0.29) is 5.91 Å². The van der Waals surface area contributed by atoms with Crippen LogP contribution in [0.4, 0.5) is 0 Å². The molecule has 1 N–H and O–H groups in total. The summed E-state index contributed by atoms with van der Waals surface area (Å²) in [4.78, 5) is 19.9. The monoisotopic (exact) mass is 524 g/mol. The number of hydrogen-bond donors (Lipinski definition) is 1. The first-order valence-electron chi connectivity index (χ1n) is 13.3. The highest BCUT2D eigenvalue weighted by molar-refractivity contribution is 6.30. The highest BCUT2D eigenvalue weighted by Gasteiger charge is 2.21. The summed E-state index contributed by atoms with van der Waals surface area (Å²) < 4.78 is 13.5. The van der Waals surface area contributed by atoms with Gasteiger partial charge in [-0.3, -0.25) is 9.69 Å². The minimum Gasteiger partial charge on any atom is -0.486 e. The molecule has 0 spiro atoms. The number of unbranched alkanes of at least 4 members (excludes halogenated alkanes) is 2. The second-order valence-corrected chi connectivity index (χ2v) is 9.72. The lowest BCUT2D eigenvalue weighted by Crippen LogP contribution is -2.37. The van der Waals surface area contributed by atoms with Crippen molar-refractivity contribution in [2.45, 2.75) is 59.2 Å². The van der Waals surface area contributed by atoms with Crippen molar-refractivity contribution in [3.63, 3.8) is 0 Å². The molecule has 3 aromatic rings. The lowest BCUT2D eigenvalue weighted by molar-refractivity contribution is -0.122. The SMILES string of the molecule is CCCCN(CC(=O)NCc1ccc2c(c1)OCCO2)Cc1c(Cl)nc(-c2ccccc2)n1CCCC. The first kappa shape index (κ1) is 27.0. The summed E-state index contributed by atoms with van der Waals surface area (Å²) in [5.41, 5.74) is 2.99. The maximum Gasteiger partial charge on any atom is 0.234 e. The van der Waals surface area contributed by atoms with Gasteiger partial charge in [-0.1, -0.05) is 74.7 Å². The van der Waals surface area contributed by atoms with E-state index in [2.05, 4.69) is 40.8 Å². The first-order chi connectivity index (χ1) is 18.1. The van der Waals surface area contributed by atoms with Gasteiger partial charge in [-0.15, -0.1) is 0 Å². The van der Waals surface area contributed by atoms with Gasteiger partial charge in [0.25, 0.3) is 0 Å². The van der Waals surface area contributed by atoms with Gasteiger partial charge in [-0.2, -0.15) is 0 Å². The summed E-state index contributed by atoms with van der Waals surface area (Å²) in [5, 5.41) is 3.57. The van der Waals surface area contributed by atoms with Crippen molar-refractivity contribution in [2.75, 3.05) is 26.3 Å². The number of carbonyl (C=O) groups is 1. The Labute approximate surface area is 224 Å². The fourth-order valence-electron chi connectivity index (χ4n) is 4.44. The van der Waals surface area contributed by atoms with Crippen LogP contribution < -0.4 is 14.8 Å². The molecule has 0 saturated carbocycles. The normalized spacial score (nSPS) is 12.6. The number of nitrogens with one attached hydrogen (secondary N) is 1. The highest BCUT2D eigenvalue weighted by atomic mass is 35.5. The van der Waals surface area contributed by atoms with Crippen molar-refractivity contribution in [3.8, 4) is 22.9 Å². The predicted octanol–water partition coefficient (Wildman–Crippen LogP) is 5.69. The molecule has 8 heteroatoms. The summed E-state index contributed by atoms with van der Waals surface area (Å²) in [6.07, 6.45) is 4.16. The molecule has 1 aliphatic heterocycles. The number of benzene rings is 2. The lowest BCUT2D eigenvalue weighted by Gasteiger charge is -2.23. The Bertz CT molecular complexity index is 1170. The standard InChI is InChI=1S/C29H37ClN4O3/c1-3-5-14-33(21-27(35)31-19-22-12-13-25-26(18-22)37-17-16-36-25)20-24-28(30)32-29(34(24)15-6-4-2)23-10-8-7-9-11-23/h7-13,18H,3-6,14-17,19-21H2,1-2H3,(H,31,35). The molecule has 0 saturated heterocycles. The molecule has 37 heavy (non-hydrogen) atoms. The Morgan fingerprint density at radius 1 is 1.05 bits per heavy atom. The summed E-state index contributed by atoms with van der Waals surface area (Å²) in [6.45, 7) is 8.39. The molecule has 1 aromatic heterocycles. The first-order valence-corrected chi connectivity index (χ1v) is 13.6. The van der Waals surface area contributed by atoms with Gasteiger partial charge in [0.05, 0.1) is 12.2 Å². The average molecular weight is 525 g/mol. The topological polar surface area (TPSA) is 68.6 Å². The van der Waals surface area contributed by atoms with Gasteiger partial charge in [0.15, 0.2) is 16.7 Å². The number of halogens is 1. The van der Waals surface area contributed by atoms with Gasteiger partial charge in [0.1, 0.15) is 19.0 Å². The van der Waals surface area contributed by atoms with Crippen LogP contribution in [-0.2, 0) is 24.4 Å². The summed E-state index contributed by atoms with van der Waals surface area (Å²) in [5.74, 6) is 2.34. The van der Waals surface area contributed by atoms with Crippen LogP contribution in [0, 0.1) is 0 Å². The zero-order valence-corrected chi connectivity index (χ0v) is 22.6. The molecule has 0 fully saturated rings. The third-order valence-electron chi connectivity index (χ3n) is 6.46. The second kappa shape index (κ2) is 13.5. The maximum atomic E-state index is 13.0. The minimum absolute atomic E-state index is 0.0231. The van der Waals surface area contributed by atoms with Crippen molar-refractivity contribution in [3.05, 3.63) is 64.9 Å². The van der Waals surface area contributed by atoms with E-state index in [1.54, 1.807) is 0 Å². The number of amides is 1. The van der Waals surface area contributed by atoms with Crippen molar-refractivity contribution < 1.29 is 14.3 Å². The summed E-state index contributed by atoms with van der Waals surface area (Å²) in [7, 11) is 0. The van der Waals surface area contributed by atoms with Crippen molar-refractivity contribution in [2.24, 2.45) is 0 Å². The smallest absolute Gasteiger partial charge is 0.234 e. The molecule has 2 heterocycles. The Kier molecular flexibility index (Phi) is 9.85. The number of nitrogens with zero attached hydrogens (tertiary/aromatic N) is 3. The Morgan fingerprint density at radius 2 is 1.81 bits per heavy atom. The molecular weight excluding hydrogens is 488 g/mol. The molecule has 0 atom stereocenters. The van der Waals surface area contributed by atoms with E-state index in [4.69, 9.17) is 26.1 Å². The van der Waals surface area contributed by atoms with E-state index >= 15 is 0 Å². The van der Waals surface area contributed by atoms with Crippen LogP contribution in [0.25, 0.3) is 11.4 Å². The maximum absolute atomic E-state index is 13.0. The molecule has 0 radical (unpaired) electrons. The van der Waals surface area contributed by atoms with Crippen LogP contribution in [0.15, 0.2) is 48.5 Å². The molecule has 7 nitrogen and oxygen atoms in total. The number of rotatable bonds is 13. The number of aromatic nitrogens is 2. The number of carbonyl (C=O) groups excluding carboxylic acids is 1. The lowest BCUT2D eigenvalue weighted by atomic mass is 10.2. The molecule has 2 aromatic carbocycles. The van der Waals surface area contributed by atoms with Crippen LogP contribution in [0.5, 0.6) is 11.5 Å². The van der Waals surface area contributed by atoms with E-state index in [9.17, 15) is 4.79 Å². The Morgan fingerprint density at radius 3 is 2.57 bits per heavy atom. The average Bonchev–Trinajstić information content (AvgIpc) is 3.24. The predicted molar refractivity (Wildman–Crippen MR) is 147 cm³/mol. The number of fused-ring (bicyclic) bond motifs is 1. The van der Waals surface area contributed by atoms with Gasteiger partial charge in [0, 0.05) is 25.2 Å². The molecule has 0 unspecified atom stereocenters. The number of ether oxygens (including phenoxy) is 2. The fraction of sp³-hybridized carbons (Fsp3) is 0.448. The fourth-order valence-corrected chi connectivity index (χ4v) is 4.68. The van der Waals surface area contributed by atoms with Gasteiger partial charge in [-0.25, -0.2) is 4.98 Å². The third kappa shape index (κ3) is 7.27. The Hall–Kier alpha value is -3.03. The zero-order valence-electron chi connectivity index (χ0n) is 21.8. The van der Waals surface area contributed by atoms with E-state index in [0.717, 1.165) is 72.9 Å². The third-order valence-corrected chi connectivity index (χ3v) is 6.76. The molecule has 1 aliphatic rings. The van der Waals surface area contributed by atoms with Crippen LogP contribution in [0.2, 0.25) is 5.15 Å².